The molecule has 2 atom stereocenters. The fourth-order valence-corrected chi connectivity index (χ4v) is 3.15. The average Bonchev–Trinajstić information content (AvgIpc) is 2.11. The van der Waals surface area contributed by atoms with Crippen LogP contribution in [0.2, 0.25) is 0 Å². The standard InChI is InChI=1S/C11H24O3S/c1-6-9(3)8-10(15(12,13)14)11(4,5)7-2/h9-10H,6-8H2,1-5H3,(H,12,13,14). The van der Waals surface area contributed by atoms with Crippen molar-refractivity contribution in [2.24, 2.45) is 11.3 Å². The molecule has 1 N–H and O–H groups in total. The van der Waals surface area contributed by atoms with E-state index < -0.39 is 15.4 Å². The third-order valence-corrected chi connectivity index (χ3v) is 5.01. The zero-order valence-corrected chi connectivity index (χ0v) is 11.3. The Kier molecular flexibility index (Phi) is 5.27. The summed E-state index contributed by atoms with van der Waals surface area (Å²) in [6.45, 7) is 9.80. The predicted molar refractivity (Wildman–Crippen MR) is 63.5 cm³/mol. The van der Waals surface area contributed by atoms with Crippen LogP contribution in [0.1, 0.15) is 53.9 Å². The molecule has 4 heteroatoms. The van der Waals surface area contributed by atoms with Crippen molar-refractivity contribution in [3.05, 3.63) is 0 Å². The highest BCUT2D eigenvalue weighted by Gasteiger charge is 2.37. The average molecular weight is 236 g/mol. The van der Waals surface area contributed by atoms with Crippen LogP contribution in [0.15, 0.2) is 0 Å². The first-order valence-electron chi connectivity index (χ1n) is 5.61. The molecule has 0 bridgehead atoms. The second-order valence-electron chi connectivity index (χ2n) is 5.09. The Morgan fingerprint density at radius 2 is 1.73 bits per heavy atom. The quantitative estimate of drug-likeness (QED) is 0.721. The Morgan fingerprint density at radius 1 is 1.27 bits per heavy atom. The lowest BCUT2D eigenvalue weighted by atomic mass is 9.82. The molecule has 0 amide bonds. The summed E-state index contributed by atoms with van der Waals surface area (Å²) in [5.74, 6) is 0.322. The number of rotatable bonds is 6. The van der Waals surface area contributed by atoms with E-state index in [1.165, 1.54) is 0 Å². The van der Waals surface area contributed by atoms with Gasteiger partial charge in [0.05, 0.1) is 5.25 Å². The molecule has 0 aliphatic carbocycles. The van der Waals surface area contributed by atoms with Crippen molar-refractivity contribution in [3.63, 3.8) is 0 Å². The smallest absolute Gasteiger partial charge is 0.268 e. The van der Waals surface area contributed by atoms with E-state index in [9.17, 15) is 13.0 Å². The first-order chi connectivity index (χ1) is 6.65. The lowest BCUT2D eigenvalue weighted by molar-refractivity contribution is 0.274. The van der Waals surface area contributed by atoms with Gasteiger partial charge in [0.2, 0.25) is 0 Å². The third kappa shape index (κ3) is 4.51. The van der Waals surface area contributed by atoms with Gasteiger partial charge in [0.15, 0.2) is 0 Å². The van der Waals surface area contributed by atoms with Crippen LogP contribution >= 0.6 is 0 Å². The topological polar surface area (TPSA) is 54.4 Å². The largest absolute Gasteiger partial charge is 0.285 e. The molecule has 2 unspecified atom stereocenters. The Hall–Kier alpha value is -0.0900. The van der Waals surface area contributed by atoms with Gasteiger partial charge in [-0.3, -0.25) is 4.55 Å². The van der Waals surface area contributed by atoms with E-state index in [1.807, 2.05) is 34.6 Å². The summed E-state index contributed by atoms with van der Waals surface area (Å²) in [4.78, 5) is 0. The van der Waals surface area contributed by atoms with Crippen molar-refractivity contribution in [3.8, 4) is 0 Å². The molecule has 0 aliphatic heterocycles. The Bertz CT molecular complexity index is 280. The van der Waals surface area contributed by atoms with E-state index in [0.717, 1.165) is 12.8 Å². The summed E-state index contributed by atoms with van der Waals surface area (Å²) in [5, 5.41) is -0.648. The molecule has 0 heterocycles. The second kappa shape index (κ2) is 5.30. The zero-order chi connectivity index (χ0) is 12.3. The molecular weight excluding hydrogens is 212 g/mol. The minimum absolute atomic E-state index is 0.322. The molecule has 15 heavy (non-hydrogen) atoms. The van der Waals surface area contributed by atoms with Crippen LogP contribution in [-0.2, 0) is 10.1 Å². The fourth-order valence-electron chi connectivity index (χ4n) is 1.60. The highest BCUT2D eigenvalue weighted by Crippen LogP contribution is 2.34. The molecule has 0 aromatic carbocycles. The van der Waals surface area contributed by atoms with Crippen LogP contribution in [-0.4, -0.2) is 18.2 Å². The normalized spacial score (nSPS) is 17.5. The first-order valence-corrected chi connectivity index (χ1v) is 7.11. The molecule has 0 spiro atoms. The summed E-state index contributed by atoms with van der Waals surface area (Å²) in [6, 6.07) is 0. The van der Waals surface area contributed by atoms with Gasteiger partial charge in [0.25, 0.3) is 10.1 Å². The van der Waals surface area contributed by atoms with Crippen molar-refractivity contribution in [2.75, 3.05) is 0 Å². The molecule has 3 nitrogen and oxygen atoms in total. The van der Waals surface area contributed by atoms with Crippen LogP contribution in [0, 0.1) is 11.3 Å². The van der Waals surface area contributed by atoms with Gasteiger partial charge >= 0.3 is 0 Å². The summed E-state index contributed by atoms with van der Waals surface area (Å²) in [5.41, 5.74) is -0.364. The van der Waals surface area contributed by atoms with Crippen LogP contribution in [0.3, 0.4) is 0 Å². The molecule has 0 saturated carbocycles. The first kappa shape index (κ1) is 14.9. The van der Waals surface area contributed by atoms with Gasteiger partial charge in [-0.15, -0.1) is 0 Å². The van der Waals surface area contributed by atoms with Gasteiger partial charge in [-0.05, 0) is 24.2 Å². The van der Waals surface area contributed by atoms with E-state index >= 15 is 0 Å². The minimum Gasteiger partial charge on any atom is -0.285 e. The van der Waals surface area contributed by atoms with Crippen LogP contribution in [0.4, 0.5) is 0 Å². The number of hydrogen-bond acceptors (Lipinski definition) is 2. The Labute approximate surface area is 94.0 Å². The van der Waals surface area contributed by atoms with Crippen molar-refractivity contribution in [1.82, 2.24) is 0 Å². The van der Waals surface area contributed by atoms with Crippen LogP contribution in [0.5, 0.6) is 0 Å². The van der Waals surface area contributed by atoms with Gasteiger partial charge < -0.3 is 0 Å². The lowest BCUT2D eigenvalue weighted by Gasteiger charge is -2.32. The minimum atomic E-state index is -3.94. The van der Waals surface area contributed by atoms with Crippen molar-refractivity contribution < 1.29 is 13.0 Å². The Morgan fingerprint density at radius 3 is 2.00 bits per heavy atom. The van der Waals surface area contributed by atoms with Gasteiger partial charge in [-0.2, -0.15) is 8.42 Å². The molecule has 0 rings (SSSR count). The molecule has 0 radical (unpaired) electrons. The van der Waals surface area contributed by atoms with E-state index in [2.05, 4.69) is 0 Å². The SMILES string of the molecule is CCC(C)CC(C(C)(C)CC)S(=O)(=O)O. The Balaban J connectivity index is 4.92. The highest BCUT2D eigenvalue weighted by atomic mass is 32.2. The zero-order valence-electron chi connectivity index (χ0n) is 10.4. The molecule has 0 fully saturated rings. The van der Waals surface area contributed by atoms with Gasteiger partial charge in [-0.1, -0.05) is 41.0 Å². The summed E-state index contributed by atoms with van der Waals surface area (Å²) < 4.78 is 31.9. The van der Waals surface area contributed by atoms with Gasteiger partial charge in [0, 0.05) is 0 Å². The highest BCUT2D eigenvalue weighted by molar-refractivity contribution is 7.86. The third-order valence-electron chi connectivity index (χ3n) is 3.46. The van der Waals surface area contributed by atoms with Gasteiger partial charge in [0.1, 0.15) is 0 Å². The van der Waals surface area contributed by atoms with E-state index in [4.69, 9.17) is 0 Å². The van der Waals surface area contributed by atoms with Crippen molar-refractivity contribution in [2.45, 2.75) is 59.1 Å². The molecule has 0 aromatic heterocycles. The summed E-state index contributed by atoms with van der Waals surface area (Å²) in [7, 11) is -3.94. The maximum atomic E-state index is 11.3. The van der Waals surface area contributed by atoms with Crippen molar-refractivity contribution in [1.29, 1.82) is 0 Å². The van der Waals surface area contributed by atoms with Crippen LogP contribution < -0.4 is 0 Å². The summed E-state index contributed by atoms with van der Waals surface area (Å²) in [6.07, 6.45) is 2.22. The number of hydrogen-bond donors (Lipinski definition) is 1. The molecule has 92 valence electrons. The molecular formula is C11H24O3S. The fraction of sp³-hybridized carbons (Fsp3) is 1.00. The van der Waals surface area contributed by atoms with E-state index in [0.29, 0.717) is 12.3 Å². The second-order valence-corrected chi connectivity index (χ2v) is 6.69. The van der Waals surface area contributed by atoms with Crippen molar-refractivity contribution >= 4 is 10.1 Å². The maximum Gasteiger partial charge on any atom is 0.268 e. The maximum absolute atomic E-state index is 11.3. The lowest BCUT2D eigenvalue weighted by Crippen LogP contribution is -2.37. The molecule has 0 saturated heterocycles. The van der Waals surface area contributed by atoms with E-state index in [-0.39, 0.29) is 5.41 Å². The summed E-state index contributed by atoms with van der Waals surface area (Å²) >= 11 is 0. The van der Waals surface area contributed by atoms with E-state index in [1.54, 1.807) is 0 Å². The van der Waals surface area contributed by atoms with Crippen LogP contribution in [0.25, 0.3) is 0 Å². The predicted octanol–water partition coefficient (Wildman–Crippen LogP) is 3.12. The molecule has 0 aliphatic rings. The monoisotopic (exact) mass is 236 g/mol. The van der Waals surface area contributed by atoms with Gasteiger partial charge in [-0.25, -0.2) is 0 Å². The molecule has 0 aromatic rings.